The van der Waals surface area contributed by atoms with Gasteiger partial charge in [0.05, 0.1) is 13.2 Å². The average Bonchev–Trinajstić information content (AvgIpc) is 2.39. The van der Waals surface area contributed by atoms with Crippen LogP contribution >= 0.6 is 0 Å². The maximum Gasteiger partial charge on any atom is 0.221 e. The first-order valence-corrected chi connectivity index (χ1v) is 5.96. The number of benzene rings is 1. The molecule has 1 amide bonds. The van der Waals surface area contributed by atoms with Crippen LogP contribution in [-0.4, -0.2) is 31.7 Å². The van der Waals surface area contributed by atoms with E-state index in [1.165, 1.54) is 0 Å². The molecule has 1 aliphatic rings. The molecule has 4 heteroatoms. The molecule has 1 heterocycles. The summed E-state index contributed by atoms with van der Waals surface area (Å²) in [6, 6.07) is 10.1. The van der Waals surface area contributed by atoms with E-state index in [1.54, 1.807) is 0 Å². The first kappa shape index (κ1) is 12.1. The topological polar surface area (TPSA) is 50.4 Å². The lowest BCUT2D eigenvalue weighted by Gasteiger charge is -2.23. The molecule has 1 fully saturated rings. The Labute approximate surface area is 101 Å². The maximum absolute atomic E-state index is 11.7. The second kappa shape index (κ2) is 6.37. The molecule has 1 aromatic carbocycles. The Kier molecular flexibility index (Phi) is 4.53. The van der Waals surface area contributed by atoms with Crippen LogP contribution in [0, 0.1) is 0 Å². The fraction of sp³-hybridized carbons (Fsp3) is 0.462. The smallest absolute Gasteiger partial charge is 0.221 e. The zero-order valence-electron chi connectivity index (χ0n) is 9.82. The highest BCUT2D eigenvalue weighted by atomic mass is 16.5. The molecular weight excluding hydrogens is 216 g/mol. The molecule has 2 N–H and O–H groups in total. The van der Waals surface area contributed by atoms with Crippen LogP contribution < -0.4 is 10.6 Å². The van der Waals surface area contributed by atoms with Crippen LogP contribution in [0.2, 0.25) is 0 Å². The molecule has 1 saturated heterocycles. The number of ether oxygens (including phenoxy) is 1. The molecule has 0 radical (unpaired) electrons. The molecule has 0 aromatic heterocycles. The van der Waals surface area contributed by atoms with Crippen LogP contribution in [0.15, 0.2) is 30.3 Å². The molecule has 2 rings (SSSR count). The van der Waals surface area contributed by atoms with E-state index in [1.807, 2.05) is 30.3 Å². The Morgan fingerprint density at radius 2 is 2.24 bits per heavy atom. The summed E-state index contributed by atoms with van der Waals surface area (Å²) >= 11 is 0. The number of rotatable bonds is 4. The average molecular weight is 234 g/mol. The summed E-state index contributed by atoms with van der Waals surface area (Å²) in [4.78, 5) is 11.7. The fourth-order valence-electron chi connectivity index (χ4n) is 1.84. The Balaban J connectivity index is 1.70. The number of nitrogens with one attached hydrogen (secondary N) is 2. The first-order chi connectivity index (χ1) is 8.34. The second-order valence-electron chi connectivity index (χ2n) is 4.19. The maximum atomic E-state index is 11.7. The number of hydrogen-bond donors (Lipinski definition) is 2. The highest BCUT2D eigenvalue weighted by molar-refractivity contribution is 5.76. The lowest BCUT2D eigenvalue weighted by atomic mass is 10.2. The van der Waals surface area contributed by atoms with Crippen molar-refractivity contribution >= 4 is 5.91 Å². The van der Waals surface area contributed by atoms with Gasteiger partial charge >= 0.3 is 0 Å². The zero-order chi connectivity index (χ0) is 11.9. The Bertz CT molecular complexity index is 348. The Morgan fingerprint density at radius 3 is 2.94 bits per heavy atom. The van der Waals surface area contributed by atoms with E-state index >= 15 is 0 Å². The molecule has 17 heavy (non-hydrogen) atoms. The van der Waals surface area contributed by atoms with Crippen LogP contribution in [-0.2, 0) is 16.1 Å². The standard InChI is InChI=1S/C13H18N2O2/c16-13(8-12-10-17-7-6-14-12)15-9-11-4-2-1-3-5-11/h1-5,12,14H,6-10H2,(H,15,16). The summed E-state index contributed by atoms with van der Waals surface area (Å²) in [7, 11) is 0. The number of carbonyl (C=O) groups is 1. The molecule has 4 nitrogen and oxygen atoms in total. The van der Waals surface area contributed by atoms with Gasteiger partial charge in [0.25, 0.3) is 0 Å². The van der Waals surface area contributed by atoms with E-state index in [4.69, 9.17) is 4.74 Å². The van der Waals surface area contributed by atoms with Crippen LogP contribution in [0.1, 0.15) is 12.0 Å². The molecule has 0 aliphatic carbocycles. The number of morpholine rings is 1. The predicted molar refractivity (Wildman–Crippen MR) is 65.5 cm³/mol. The summed E-state index contributed by atoms with van der Waals surface area (Å²) in [5.74, 6) is 0.0665. The number of amides is 1. The van der Waals surface area contributed by atoms with E-state index < -0.39 is 0 Å². The van der Waals surface area contributed by atoms with Gasteiger partial charge in [-0.1, -0.05) is 30.3 Å². The van der Waals surface area contributed by atoms with Crippen molar-refractivity contribution < 1.29 is 9.53 Å². The zero-order valence-corrected chi connectivity index (χ0v) is 9.82. The van der Waals surface area contributed by atoms with Crippen LogP contribution in [0.3, 0.4) is 0 Å². The van der Waals surface area contributed by atoms with E-state index in [0.717, 1.165) is 18.7 Å². The monoisotopic (exact) mass is 234 g/mol. The van der Waals surface area contributed by atoms with Gasteiger partial charge in [-0.2, -0.15) is 0 Å². The molecule has 1 unspecified atom stereocenters. The summed E-state index contributed by atoms with van der Waals surface area (Å²) in [6.07, 6.45) is 0.479. The summed E-state index contributed by atoms with van der Waals surface area (Å²) in [6.45, 7) is 2.78. The van der Waals surface area contributed by atoms with Crippen molar-refractivity contribution in [3.8, 4) is 0 Å². The molecule has 92 valence electrons. The molecule has 1 aliphatic heterocycles. The molecular formula is C13H18N2O2. The lowest BCUT2D eigenvalue weighted by Crippen LogP contribution is -2.44. The van der Waals surface area contributed by atoms with Gasteiger partial charge in [0, 0.05) is 25.6 Å². The van der Waals surface area contributed by atoms with E-state index in [-0.39, 0.29) is 11.9 Å². The van der Waals surface area contributed by atoms with Gasteiger partial charge < -0.3 is 15.4 Å². The van der Waals surface area contributed by atoms with Crippen molar-refractivity contribution in [3.63, 3.8) is 0 Å². The van der Waals surface area contributed by atoms with Gasteiger partial charge in [-0.05, 0) is 5.56 Å². The van der Waals surface area contributed by atoms with Crippen molar-refractivity contribution in [3.05, 3.63) is 35.9 Å². The lowest BCUT2D eigenvalue weighted by molar-refractivity contribution is -0.122. The number of hydrogen-bond acceptors (Lipinski definition) is 3. The van der Waals surface area contributed by atoms with Crippen LogP contribution in [0.5, 0.6) is 0 Å². The van der Waals surface area contributed by atoms with Gasteiger partial charge in [0.2, 0.25) is 5.91 Å². The quantitative estimate of drug-likeness (QED) is 0.805. The fourth-order valence-corrected chi connectivity index (χ4v) is 1.84. The molecule has 1 aromatic rings. The van der Waals surface area contributed by atoms with Crippen LogP contribution in [0.4, 0.5) is 0 Å². The highest BCUT2D eigenvalue weighted by Gasteiger charge is 2.16. The van der Waals surface area contributed by atoms with Crippen molar-refractivity contribution in [1.82, 2.24) is 10.6 Å². The van der Waals surface area contributed by atoms with Crippen LogP contribution in [0.25, 0.3) is 0 Å². The van der Waals surface area contributed by atoms with Gasteiger partial charge in [-0.25, -0.2) is 0 Å². The van der Waals surface area contributed by atoms with Crippen molar-refractivity contribution in [1.29, 1.82) is 0 Å². The first-order valence-electron chi connectivity index (χ1n) is 5.96. The predicted octanol–water partition coefficient (Wildman–Crippen LogP) is 0.681. The minimum absolute atomic E-state index is 0.0665. The summed E-state index contributed by atoms with van der Waals surface area (Å²) in [5.41, 5.74) is 1.12. The summed E-state index contributed by atoms with van der Waals surface area (Å²) in [5, 5.41) is 6.17. The molecule has 0 spiro atoms. The van der Waals surface area contributed by atoms with E-state index in [2.05, 4.69) is 10.6 Å². The minimum Gasteiger partial charge on any atom is -0.378 e. The third kappa shape index (κ3) is 4.17. The highest BCUT2D eigenvalue weighted by Crippen LogP contribution is 2.00. The van der Waals surface area contributed by atoms with Gasteiger partial charge in [0.15, 0.2) is 0 Å². The normalized spacial score (nSPS) is 19.9. The largest absolute Gasteiger partial charge is 0.378 e. The Morgan fingerprint density at radius 1 is 1.41 bits per heavy atom. The van der Waals surface area contributed by atoms with Gasteiger partial charge in [-0.3, -0.25) is 4.79 Å². The Hall–Kier alpha value is -1.39. The van der Waals surface area contributed by atoms with Gasteiger partial charge in [0.1, 0.15) is 0 Å². The number of carbonyl (C=O) groups excluding carboxylic acids is 1. The molecule has 0 bridgehead atoms. The van der Waals surface area contributed by atoms with Gasteiger partial charge in [-0.15, -0.1) is 0 Å². The van der Waals surface area contributed by atoms with E-state index in [9.17, 15) is 4.79 Å². The molecule has 1 atom stereocenters. The second-order valence-corrected chi connectivity index (χ2v) is 4.19. The van der Waals surface area contributed by atoms with Crippen molar-refractivity contribution in [2.75, 3.05) is 19.8 Å². The summed E-state index contributed by atoms with van der Waals surface area (Å²) < 4.78 is 5.30. The SMILES string of the molecule is O=C(CC1COCCN1)NCc1ccccc1. The third-order valence-corrected chi connectivity index (χ3v) is 2.76. The molecule has 0 saturated carbocycles. The van der Waals surface area contributed by atoms with E-state index in [0.29, 0.717) is 19.6 Å². The van der Waals surface area contributed by atoms with Crippen molar-refractivity contribution in [2.24, 2.45) is 0 Å². The van der Waals surface area contributed by atoms with Crippen molar-refractivity contribution in [2.45, 2.75) is 19.0 Å². The minimum atomic E-state index is 0.0665. The third-order valence-electron chi connectivity index (χ3n) is 2.76.